The molecule has 1 atom stereocenters. The van der Waals surface area contributed by atoms with E-state index in [2.05, 4.69) is 16.3 Å². The lowest BCUT2D eigenvalue weighted by atomic mass is 9.90. The normalized spacial score (nSPS) is 16.8. The van der Waals surface area contributed by atoms with Crippen molar-refractivity contribution < 1.29 is 32.0 Å². The smallest absolute Gasteiger partial charge is 0.327 e. The van der Waals surface area contributed by atoms with Crippen molar-refractivity contribution in [3.05, 3.63) is 135 Å². The van der Waals surface area contributed by atoms with Gasteiger partial charge in [-0.2, -0.15) is 13.2 Å². The molecule has 4 aromatic rings. The molecule has 3 N–H and O–H groups in total. The molecule has 0 saturated carbocycles. The van der Waals surface area contributed by atoms with Crippen LogP contribution in [-0.2, 0) is 21.9 Å². The number of carbonyl (C=O) groups excluding carboxylic acids is 1. The predicted molar refractivity (Wildman–Crippen MR) is 156 cm³/mol. The number of hydrogen-bond acceptors (Lipinski definition) is 5. The van der Waals surface area contributed by atoms with Crippen LogP contribution in [-0.4, -0.2) is 12.1 Å². The maximum absolute atomic E-state index is 14.5. The summed E-state index contributed by atoms with van der Waals surface area (Å²) in [5, 5.41) is 2.43. The van der Waals surface area contributed by atoms with Crippen LogP contribution < -0.4 is 16.3 Å². The van der Waals surface area contributed by atoms with E-state index in [0.29, 0.717) is 22.9 Å². The van der Waals surface area contributed by atoms with Crippen molar-refractivity contribution in [3.8, 4) is 0 Å². The Labute approximate surface area is 253 Å². The molecule has 1 amide bonds. The summed E-state index contributed by atoms with van der Waals surface area (Å²) < 4.78 is 57.4. The van der Waals surface area contributed by atoms with Gasteiger partial charge in [0.25, 0.3) is 5.91 Å². The van der Waals surface area contributed by atoms with Gasteiger partial charge in [-0.3, -0.25) is 25.4 Å². The Morgan fingerprint density at radius 3 is 2.35 bits per heavy atom. The highest BCUT2D eigenvalue weighted by atomic mass is 35.5. The summed E-state index contributed by atoms with van der Waals surface area (Å²) in [5.41, 5.74) is 4.16. The number of aryl methyl sites for hydroxylation is 1. The van der Waals surface area contributed by atoms with E-state index in [4.69, 9.17) is 32.9 Å². The Balaban J connectivity index is 1.38. The molecule has 1 unspecified atom stereocenters. The van der Waals surface area contributed by atoms with Gasteiger partial charge in [0.1, 0.15) is 0 Å². The summed E-state index contributed by atoms with van der Waals surface area (Å²) in [6.45, 7) is 2.30. The van der Waals surface area contributed by atoms with Crippen LogP contribution in [0.15, 0.2) is 91.3 Å². The van der Waals surface area contributed by atoms with Crippen molar-refractivity contribution in [1.82, 2.24) is 16.3 Å². The van der Waals surface area contributed by atoms with Gasteiger partial charge in [-0.05, 0) is 47.5 Å². The third-order valence-corrected chi connectivity index (χ3v) is 7.32. The molecule has 0 aliphatic carbocycles. The lowest BCUT2D eigenvalue weighted by molar-refractivity contribution is -0.269. The zero-order valence-electron chi connectivity index (χ0n) is 22.4. The molecule has 222 valence electrons. The molecule has 1 heterocycles. The van der Waals surface area contributed by atoms with Crippen LogP contribution in [0.25, 0.3) is 16.5 Å². The second-order valence-electron chi connectivity index (χ2n) is 9.65. The molecule has 0 fully saturated rings. The van der Waals surface area contributed by atoms with Crippen LogP contribution in [0.3, 0.4) is 0 Å². The van der Waals surface area contributed by atoms with Crippen molar-refractivity contribution in [2.45, 2.75) is 25.3 Å². The van der Waals surface area contributed by atoms with Crippen LogP contribution >= 0.6 is 23.2 Å². The molecule has 6 nitrogen and oxygen atoms in total. The van der Waals surface area contributed by atoms with E-state index >= 15 is 0 Å². The zero-order chi connectivity index (χ0) is 30.8. The highest BCUT2D eigenvalue weighted by Crippen LogP contribution is 2.49. The molecule has 0 radical (unpaired) electrons. The molecule has 12 heteroatoms. The molecule has 1 aliphatic heterocycles. The minimum Gasteiger partial charge on any atom is -0.327 e. The first-order chi connectivity index (χ1) is 20.5. The Morgan fingerprint density at radius 2 is 1.67 bits per heavy atom. The maximum atomic E-state index is 14.5. The lowest BCUT2D eigenvalue weighted by Crippen LogP contribution is -2.42. The Hall–Kier alpha value is -4.09. The summed E-state index contributed by atoms with van der Waals surface area (Å²) in [7, 11) is 0. The van der Waals surface area contributed by atoms with E-state index < -0.39 is 39.1 Å². The van der Waals surface area contributed by atoms with Crippen molar-refractivity contribution in [3.63, 3.8) is 0 Å². The predicted octanol–water partition coefficient (Wildman–Crippen LogP) is 7.85. The minimum absolute atomic E-state index is 0.0214. The van der Waals surface area contributed by atoms with Crippen LogP contribution in [0.1, 0.15) is 32.6 Å². The van der Waals surface area contributed by atoms with Gasteiger partial charge in [0, 0.05) is 29.1 Å². The molecule has 43 heavy (non-hydrogen) atoms. The number of halogens is 6. The third kappa shape index (κ3) is 6.18. The summed E-state index contributed by atoms with van der Waals surface area (Å²) in [6.07, 6.45) is -1.37. The fourth-order valence-electron chi connectivity index (χ4n) is 4.56. The van der Waals surface area contributed by atoms with Crippen LogP contribution in [0.5, 0.6) is 0 Å². The van der Waals surface area contributed by atoms with Crippen molar-refractivity contribution >= 4 is 45.6 Å². The molecule has 1 aliphatic rings. The quantitative estimate of drug-likeness (QED) is 0.0799. The highest BCUT2D eigenvalue weighted by Gasteiger charge is 2.60. The summed E-state index contributed by atoms with van der Waals surface area (Å²) in [6, 6.07) is 19.2. The van der Waals surface area contributed by atoms with E-state index in [1.807, 2.05) is 31.2 Å². The topological polar surface area (TPSA) is 71.6 Å². The van der Waals surface area contributed by atoms with Gasteiger partial charge in [0.15, 0.2) is 5.82 Å². The van der Waals surface area contributed by atoms with Gasteiger partial charge in [0.2, 0.25) is 5.60 Å². The first-order valence-electron chi connectivity index (χ1n) is 12.8. The minimum atomic E-state index is -4.98. The molecule has 5 rings (SSSR count). The fourth-order valence-corrected chi connectivity index (χ4v) is 5.05. The fraction of sp³-hybridized carbons (Fsp3) is 0.129. The summed E-state index contributed by atoms with van der Waals surface area (Å²) in [5.74, 6) is -1.50. The first-order valence-corrected chi connectivity index (χ1v) is 13.6. The SMILES string of the molecule is Cc1ccc(CONC=CNC(=O)c2ccc(C3=CC(c4cc(Cl)c(F)c(Cl)c4)(C(F)(F)F)ON3)c3ccccc23)cc1. The Morgan fingerprint density at radius 1 is 1.00 bits per heavy atom. The average Bonchev–Trinajstić information content (AvgIpc) is 3.45. The maximum Gasteiger partial charge on any atom is 0.428 e. The van der Waals surface area contributed by atoms with E-state index in [-0.39, 0.29) is 11.3 Å². The lowest BCUT2D eigenvalue weighted by Gasteiger charge is -2.28. The largest absolute Gasteiger partial charge is 0.428 e. The number of amides is 1. The Kier molecular flexibility index (Phi) is 8.66. The number of alkyl halides is 3. The number of hydrogen-bond donors (Lipinski definition) is 3. The number of rotatable bonds is 8. The van der Waals surface area contributed by atoms with Gasteiger partial charge in [-0.15, -0.1) is 0 Å². The zero-order valence-corrected chi connectivity index (χ0v) is 23.9. The Bertz CT molecular complexity index is 1720. The average molecular weight is 632 g/mol. The van der Waals surface area contributed by atoms with Gasteiger partial charge >= 0.3 is 6.18 Å². The number of benzene rings is 4. The van der Waals surface area contributed by atoms with E-state index in [1.165, 1.54) is 24.5 Å². The molecule has 0 aromatic heterocycles. The van der Waals surface area contributed by atoms with Crippen molar-refractivity contribution in [2.24, 2.45) is 0 Å². The summed E-state index contributed by atoms with van der Waals surface area (Å²) in [4.78, 5) is 23.5. The molecule has 0 saturated heterocycles. The van der Waals surface area contributed by atoms with Crippen molar-refractivity contribution in [1.29, 1.82) is 0 Å². The third-order valence-electron chi connectivity index (χ3n) is 6.77. The number of nitrogens with one attached hydrogen (secondary N) is 3. The van der Waals surface area contributed by atoms with Gasteiger partial charge in [-0.25, -0.2) is 4.39 Å². The highest BCUT2D eigenvalue weighted by molar-refractivity contribution is 6.35. The van der Waals surface area contributed by atoms with Gasteiger partial charge < -0.3 is 5.32 Å². The number of carbonyl (C=O) groups is 1. The monoisotopic (exact) mass is 631 g/mol. The first kappa shape index (κ1) is 30.4. The number of fused-ring (bicyclic) bond motifs is 1. The molecule has 0 spiro atoms. The van der Waals surface area contributed by atoms with Gasteiger partial charge in [-0.1, -0.05) is 83.4 Å². The molecule has 4 aromatic carbocycles. The van der Waals surface area contributed by atoms with E-state index in [0.717, 1.165) is 29.3 Å². The second kappa shape index (κ2) is 12.3. The van der Waals surface area contributed by atoms with Crippen molar-refractivity contribution in [2.75, 3.05) is 0 Å². The van der Waals surface area contributed by atoms with Crippen LogP contribution in [0.2, 0.25) is 10.0 Å². The van der Waals surface area contributed by atoms with E-state index in [9.17, 15) is 22.4 Å². The summed E-state index contributed by atoms with van der Waals surface area (Å²) >= 11 is 11.6. The van der Waals surface area contributed by atoms with Crippen LogP contribution in [0, 0.1) is 12.7 Å². The number of hydroxylamine groups is 2. The molecular formula is C31H23Cl2F4N3O3. The van der Waals surface area contributed by atoms with Gasteiger partial charge in [0.05, 0.1) is 22.3 Å². The van der Waals surface area contributed by atoms with Crippen LogP contribution in [0.4, 0.5) is 17.6 Å². The molecule has 0 bridgehead atoms. The van der Waals surface area contributed by atoms with E-state index in [1.54, 1.807) is 24.3 Å². The second-order valence-corrected chi connectivity index (χ2v) is 10.5. The molecular weight excluding hydrogens is 609 g/mol. The standard InChI is InChI=1S/C31H23Cl2F4N3O3/c1-18-6-8-19(9-7-18)17-42-39-13-12-38-29(41)24-11-10-23(21-4-2-3-5-22(21)24)27-16-30(43-40-27,31(35,36)37)20-14-25(32)28(34)26(33)15-20/h2-16,39-40H,17H2,1H3,(H,38,41).